The molecule has 0 bridgehead atoms. The number of rotatable bonds is 2. The number of nitrogens with zero attached hydrogens (tertiary/aromatic N) is 4. The fourth-order valence-electron chi connectivity index (χ4n) is 2.32. The molecule has 0 spiro atoms. The van der Waals surface area contributed by atoms with Crippen molar-refractivity contribution < 1.29 is 20.1 Å². The first-order valence-electron chi connectivity index (χ1n) is 5.74. The molecule has 1 aliphatic heterocycles. The van der Waals surface area contributed by atoms with E-state index in [9.17, 15) is 10.2 Å². The van der Waals surface area contributed by atoms with Gasteiger partial charge in [-0.1, -0.05) is 0 Å². The maximum absolute atomic E-state index is 9.97. The van der Waals surface area contributed by atoms with Gasteiger partial charge < -0.3 is 24.6 Å². The molecule has 8 nitrogen and oxygen atoms in total. The number of hydrogen-bond acceptors (Lipinski definition) is 6. The lowest BCUT2D eigenvalue weighted by molar-refractivity contribution is -0.0508. The zero-order valence-corrected chi connectivity index (χ0v) is 9.79. The van der Waals surface area contributed by atoms with Gasteiger partial charge in [0.25, 0.3) is 0 Å². The number of imidazole rings is 1. The Morgan fingerprint density at radius 3 is 2.79 bits per heavy atom. The number of aliphatic hydroxyl groups excluding tert-OH is 3. The third-order valence-corrected chi connectivity index (χ3v) is 3.29. The highest BCUT2D eigenvalue weighted by Gasteiger charge is 2.43. The average Bonchev–Trinajstić information content (AvgIpc) is 3.06. The SMILES string of the molecule is N#Cc1cnn2ccn([C@@H]3O[C@@H](CO)[C@@H](O)[C@@H]3O)c12. The van der Waals surface area contributed by atoms with E-state index in [-0.39, 0.29) is 0 Å². The van der Waals surface area contributed by atoms with Crippen LogP contribution < -0.4 is 0 Å². The van der Waals surface area contributed by atoms with Crippen LogP contribution in [0.3, 0.4) is 0 Å². The van der Waals surface area contributed by atoms with Gasteiger partial charge in [-0.15, -0.1) is 0 Å². The van der Waals surface area contributed by atoms with Gasteiger partial charge in [0, 0.05) is 12.4 Å². The van der Waals surface area contributed by atoms with Crippen molar-refractivity contribution in [2.75, 3.05) is 6.61 Å². The molecule has 0 radical (unpaired) electrons. The predicted molar refractivity (Wildman–Crippen MR) is 60.9 cm³/mol. The zero-order chi connectivity index (χ0) is 13.6. The van der Waals surface area contributed by atoms with E-state index in [4.69, 9.17) is 15.1 Å². The van der Waals surface area contributed by atoms with Crippen LogP contribution in [-0.4, -0.2) is 54.4 Å². The fraction of sp³-hybridized carbons (Fsp3) is 0.455. The van der Waals surface area contributed by atoms with Gasteiger partial charge in [0.1, 0.15) is 29.9 Å². The molecule has 4 atom stereocenters. The standard InChI is InChI=1S/C11H12N4O4/c12-3-6-4-13-15-2-1-14(10(6)15)11-9(18)8(17)7(5-16)19-11/h1-2,4,7-9,11,16-18H,5H2/t7-,8+,9-,11+/m0/s1. The minimum absolute atomic E-state index is 0.336. The second kappa shape index (κ2) is 4.32. The van der Waals surface area contributed by atoms with Crippen molar-refractivity contribution in [3.63, 3.8) is 0 Å². The van der Waals surface area contributed by atoms with Crippen LogP contribution >= 0.6 is 0 Å². The number of hydrogen-bond donors (Lipinski definition) is 3. The largest absolute Gasteiger partial charge is 0.394 e. The molecule has 3 heterocycles. The average molecular weight is 264 g/mol. The third-order valence-electron chi connectivity index (χ3n) is 3.29. The molecule has 2 aromatic rings. The van der Waals surface area contributed by atoms with Crippen LogP contribution in [-0.2, 0) is 4.74 Å². The monoisotopic (exact) mass is 264 g/mol. The number of aromatic nitrogens is 3. The Bertz CT molecular complexity index is 643. The lowest BCUT2D eigenvalue weighted by Crippen LogP contribution is -2.33. The second-order valence-corrected chi connectivity index (χ2v) is 4.37. The quantitative estimate of drug-likeness (QED) is 0.615. The van der Waals surface area contributed by atoms with Crippen LogP contribution in [0.2, 0.25) is 0 Å². The summed E-state index contributed by atoms with van der Waals surface area (Å²) in [7, 11) is 0. The van der Waals surface area contributed by atoms with E-state index in [2.05, 4.69) is 5.10 Å². The maximum atomic E-state index is 9.97. The zero-order valence-electron chi connectivity index (χ0n) is 9.79. The molecular formula is C11H12N4O4. The van der Waals surface area contributed by atoms with Gasteiger partial charge in [0.2, 0.25) is 0 Å². The molecule has 3 N–H and O–H groups in total. The normalized spacial score (nSPS) is 30.8. The van der Waals surface area contributed by atoms with Crippen LogP contribution in [0.5, 0.6) is 0 Å². The van der Waals surface area contributed by atoms with E-state index in [1.165, 1.54) is 15.3 Å². The topological polar surface area (TPSA) is 116 Å². The van der Waals surface area contributed by atoms with Gasteiger partial charge in [-0.25, -0.2) is 4.52 Å². The van der Waals surface area contributed by atoms with Crippen LogP contribution in [0.4, 0.5) is 0 Å². The van der Waals surface area contributed by atoms with Crippen molar-refractivity contribution >= 4 is 5.65 Å². The Balaban J connectivity index is 2.06. The van der Waals surface area contributed by atoms with Crippen molar-refractivity contribution in [1.29, 1.82) is 5.26 Å². The lowest BCUT2D eigenvalue weighted by atomic mass is 10.1. The summed E-state index contributed by atoms with van der Waals surface area (Å²) in [4.78, 5) is 0. The highest BCUT2D eigenvalue weighted by atomic mass is 16.6. The smallest absolute Gasteiger partial charge is 0.164 e. The van der Waals surface area contributed by atoms with Gasteiger partial charge in [0.05, 0.1) is 12.8 Å². The maximum Gasteiger partial charge on any atom is 0.164 e. The molecule has 0 amide bonds. The molecule has 8 heteroatoms. The Morgan fingerprint density at radius 2 is 2.16 bits per heavy atom. The van der Waals surface area contributed by atoms with Crippen LogP contribution in [0, 0.1) is 11.3 Å². The molecule has 3 rings (SSSR count). The van der Waals surface area contributed by atoms with Crippen molar-refractivity contribution in [2.24, 2.45) is 0 Å². The molecular weight excluding hydrogens is 252 g/mol. The fourth-order valence-corrected chi connectivity index (χ4v) is 2.32. The summed E-state index contributed by atoms with van der Waals surface area (Å²) >= 11 is 0. The summed E-state index contributed by atoms with van der Waals surface area (Å²) in [6.45, 7) is -0.392. The van der Waals surface area contributed by atoms with Gasteiger partial charge in [-0.3, -0.25) is 0 Å². The summed E-state index contributed by atoms with van der Waals surface area (Å²) in [5.74, 6) is 0. The van der Waals surface area contributed by atoms with Crippen LogP contribution in [0.1, 0.15) is 11.8 Å². The highest BCUT2D eigenvalue weighted by molar-refractivity contribution is 5.55. The third kappa shape index (κ3) is 1.64. The molecule has 1 fully saturated rings. The van der Waals surface area contributed by atoms with Crippen molar-refractivity contribution in [1.82, 2.24) is 14.2 Å². The summed E-state index contributed by atoms with van der Waals surface area (Å²) in [5.41, 5.74) is 0.806. The molecule has 100 valence electrons. The van der Waals surface area contributed by atoms with E-state index in [0.29, 0.717) is 11.2 Å². The van der Waals surface area contributed by atoms with E-state index < -0.39 is 31.1 Å². The first kappa shape index (κ1) is 12.1. The first-order valence-corrected chi connectivity index (χ1v) is 5.74. The minimum Gasteiger partial charge on any atom is -0.394 e. The Labute approximate surface area is 107 Å². The molecule has 1 aliphatic rings. The van der Waals surface area contributed by atoms with Crippen LogP contribution in [0.25, 0.3) is 5.65 Å². The minimum atomic E-state index is -1.19. The second-order valence-electron chi connectivity index (χ2n) is 4.37. The van der Waals surface area contributed by atoms with Gasteiger partial charge in [-0.2, -0.15) is 10.4 Å². The first-order chi connectivity index (χ1) is 9.17. The molecule has 0 unspecified atom stereocenters. The van der Waals surface area contributed by atoms with Gasteiger partial charge in [0.15, 0.2) is 11.9 Å². The summed E-state index contributed by atoms with van der Waals surface area (Å²) in [5, 5.41) is 41.8. The molecule has 2 aromatic heterocycles. The van der Waals surface area contributed by atoms with Crippen LogP contribution in [0.15, 0.2) is 18.6 Å². The molecule has 19 heavy (non-hydrogen) atoms. The van der Waals surface area contributed by atoms with E-state index in [1.807, 2.05) is 6.07 Å². The number of ether oxygens (including phenoxy) is 1. The number of nitriles is 1. The Kier molecular flexibility index (Phi) is 2.76. The van der Waals surface area contributed by atoms with Crippen molar-refractivity contribution in [2.45, 2.75) is 24.5 Å². The Hall–Kier alpha value is -1.92. The van der Waals surface area contributed by atoms with E-state index in [1.54, 1.807) is 12.4 Å². The predicted octanol–water partition coefficient (Wildman–Crippen LogP) is -1.38. The molecule has 1 saturated heterocycles. The lowest BCUT2D eigenvalue weighted by Gasteiger charge is -2.16. The molecule has 0 aliphatic carbocycles. The van der Waals surface area contributed by atoms with E-state index in [0.717, 1.165) is 0 Å². The highest BCUT2D eigenvalue weighted by Crippen LogP contribution is 2.31. The van der Waals surface area contributed by atoms with Crippen molar-refractivity contribution in [3.8, 4) is 6.07 Å². The number of fused-ring (bicyclic) bond motifs is 1. The van der Waals surface area contributed by atoms with Crippen molar-refractivity contribution in [3.05, 3.63) is 24.2 Å². The molecule has 0 saturated carbocycles. The number of aliphatic hydroxyl groups is 3. The van der Waals surface area contributed by atoms with Gasteiger partial charge in [-0.05, 0) is 0 Å². The molecule has 0 aromatic carbocycles. The Morgan fingerprint density at radius 1 is 1.37 bits per heavy atom. The summed E-state index contributed by atoms with van der Waals surface area (Å²) < 4.78 is 8.42. The van der Waals surface area contributed by atoms with E-state index >= 15 is 0 Å². The van der Waals surface area contributed by atoms with Gasteiger partial charge >= 0.3 is 0 Å². The summed E-state index contributed by atoms with van der Waals surface area (Å²) in [6, 6.07) is 2.00. The summed E-state index contributed by atoms with van der Waals surface area (Å²) in [6.07, 6.45) is 0.548.